The Hall–Kier alpha value is -1.31. The Morgan fingerprint density at radius 1 is 1.65 bits per heavy atom. The van der Waals surface area contributed by atoms with Crippen LogP contribution in [0.25, 0.3) is 0 Å². The van der Waals surface area contributed by atoms with Crippen LogP contribution in [-0.2, 0) is 4.74 Å². The summed E-state index contributed by atoms with van der Waals surface area (Å²) in [6, 6.07) is 3.78. The maximum Gasteiger partial charge on any atom is 0.146 e. The number of aromatic nitrogens is 1. The predicted octanol–water partition coefficient (Wildman–Crippen LogP) is 2.83. The van der Waals surface area contributed by atoms with Gasteiger partial charge in [0.25, 0.3) is 0 Å². The van der Waals surface area contributed by atoms with Crippen LogP contribution in [0.4, 0.5) is 5.82 Å². The second-order valence-corrected chi connectivity index (χ2v) is 4.10. The van der Waals surface area contributed by atoms with Crippen molar-refractivity contribution in [2.24, 2.45) is 0 Å². The molecule has 1 N–H and O–H groups in total. The number of nitrogens with zero attached hydrogens (tertiary/aromatic N) is 2. The highest BCUT2D eigenvalue weighted by Gasteiger charge is 2.12. The van der Waals surface area contributed by atoms with E-state index in [4.69, 9.17) is 21.6 Å². The molecule has 0 saturated carbocycles. The Balaban J connectivity index is 2.82. The third-order valence-corrected chi connectivity index (χ3v) is 2.74. The number of pyridine rings is 1. The van der Waals surface area contributed by atoms with Crippen LogP contribution in [0.1, 0.15) is 25.3 Å². The molecule has 0 aliphatic rings. The molecule has 5 heteroatoms. The first kappa shape index (κ1) is 13.8. The minimum Gasteiger partial charge on any atom is -0.383 e. The number of methoxy groups -OCH3 is 1. The molecule has 0 bridgehead atoms. The number of rotatable bonds is 6. The Bertz CT molecular complexity index is 397. The normalized spacial score (nSPS) is 11.9. The van der Waals surface area contributed by atoms with Gasteiger partial charge in [-0.15, -0.1) is 0 Å². The van der Waals surface area contributed by atoms with E-state index in [9.17, 15) is 0 Å². The molecule has 92 valence electrons. The lowest BCUT2D eigenvalue weighted by atomic mass is 10.2. The maximum absolute atomic E-state index is 8.87. The SMILES string of the molecule is CCCC(COC)Nc1nccc(C#N)c1Cl. The fourth-order valence-corrected chi connectivity index (χ4v) is 1.78. The van der Waals surface area contributed by atoms with E-state index in [0.29, 0.717) is 23.0 Å². The van der Waals surface area contributed by atoms with Gasteiger partial charge in [0.1, 0.15) is 16.9 Å². The average Bonchev–Trinajstić information content (AvgIpc) is 2.32. The van der Waals surface area contributed by atoms with Crippen LogP contribution >= 0.6 is 11.6 Å². The third kappa shape index (κ3) is 3.88. The van der Waals surface area contributed by atoms with Gasteiger partial charge in [0.15, 0.2) is 0 Å². The summed E-state index contributed by atoms with van der Waals surface area (Å²) >= 11 is 6.07. The van der Waals surface area contributed by atoms with Gasteiger partial charge in [-0.2, -0.15) is 5.26 Å². The van der Waals surface area contributed by atoms with Crippen molar-refractivity contribution in [3.8, 4) is 6.07 Å². The number of nitrogens with one attached hydrogen (secondary N) is 1. The Labute approximate surface area is 107 Å². The lowest BCUT2D eigenvalue weighted by Crippen LogP contribution is -2.25. The van der Waals surface area contributed by atoms with Crippen molar-refractivity contribution >= 4 is 17.4 Å². The average molecular weight is 254 g/mol. The molecule has 0 radical (unpaired) electrons. The van der Waals surface area contributed by atoms with Crippen molar-refractivity contribution in [2.45, 2.75) is 25.8 Å². The minimum absolute atomic E-state index is 0.156. The molecule has 0 aromatic carbocycles. The molecule has 17 heavy (non-hydrogen) atoms. The lowest BCUT2D eigenvalue weighted by molar-refractivity contribution is 0.182. The monoisotopic (exact) mass is 253 g/mol. The molecule has 0 saturated heterocycles. The molecule has 0 aliphatic carbocycles. The minimum atomic E-state index is 0.156. The van der Waals surface area contributed by atoms with Crippen molar-refractivity contribution in [3.63, 3.8) is 0 Å². The highest BCUT2D eigenvalue weighted by atomic mass is 35.5. The van der Waals surface area contributed by atoms with Gasteiger partial charge in [-0.05, 0) is 12.5 Å². The van der Waals surface area contributed by atoms with Gasteiger partial charge in [0.2, 0.25) is 0 Å². The Kier molecular flexibility index (Phi) is 5.75. The van der Waals surface area contributed by atoms with Gasteiger partial charge < -0.3 is 10.1 Å². The number of ether oxygens (including phenoxy) is 1. The molecule has 1 rings (SSSR count). The molecular weight excluding hydrogens is 238 g/mol. The number of anilines is 1. The molecule has 1 unspecified atom stereocenters. The molecule has 0 fully saturated rings. The van der Waals surface area contributed by atoms with E-state index < -0.39 is 0 Å². The predicted molar refractivity (Wildman–Crippen MR) is 68.2 cm³/mol. The molecule has 1 atom stereocenters. The summed E-state index contributed by atoms with van der Waals surface area (Å²) in [5.41, 5.74) is 0.428. The standard InChI is InChI=1S/C12H16ClN3O/c1-3-4-10(8-17-2)16-12-11(13)9(7-14)5-6-15-12/h5-6,10H,3-4,8H2,1-2H3,(H,15,16). The number of hydrogen-bond donors (Lipinski definition) is 1. The first-order chi connectivity index (χ1) is 8.22. The number of nitriles is 1. The topological polar surface area (TPSA) is 57.9 Å². The fraction of sp³-hybridized carbons (Fsp3) is 0.500. The van der Waals surface area contributed by atoms with Gasteiger partial charge in [0, 0.05) is 13.3 Å². The maximum atomic E-state index is 8.87. The summed E-state index contributed by atoms with van der Waals surface area (Å²) in [6.07, 6.45) is 3.57. The first-order valence-electron chi connectivity index (χ1n) is 5.53. The molecular formula is C12H16ClN3O. The zero-order valence-corrected chi connectivity index (χ0v) is 10.8. The largest absolute Gasteiger partial charge is 0.383 e. The van der Waals surface area contributed by atoms with E-state index in [2.05, 4.69) is 17.2 Å². The van der Waals surface area contributed by atoms with E-state index in [1.165, 1.54) is 0 Å². The summed E-state index contributed by atoms with van der Waals surface area (Å²) in [7, 11) is 1.66. The van der Waals surface area contributed by atoms with E-state index in [-0.39, 0.29) is 6.04 Å². The molecule has 1 aromatic rings. The summed E-state index contributed by atoms with van der Waals surface area (Å²) in [5, 5.41) is 12.4. The molecule has 0 aliphatic heterocycles. The van der Waals surface area contributed by atoms with Crippen LogP contribution in [0, 0.1) is 11.3 Å². The van der Waals surface area contributed by atoms with E-state index >= 15 is 0 Å². The van der Waals surface area contributed by atoms with E-state index in [1.807, 2.05) is 6.07 Å². The third-order valence-electron chi connectivity index (χ3n) is 2.36. The first-order valence-corrected chi connectivity index (χ1v) is 5.90. The van der Waals surface area contributed by atoms with Crippen molar-refractivity contribution < 1.29 is 4.74 Å². The van der Waals surface area contributed by atoms with Gasteiger partial charge in [-0.1, -0.05) is 24.9 Å². The summed E-state index contributed by atoms with van der Waals surface area (Å²) in [4.78, 5) is 4.14. The Morgan fingerprint density at radius 2 is 2.41 bits per heavy atom. The van der Waals surface area contributed by atoms with Crippen molar-refractivity contribution in [1.82, 2.24) is 4.98 Å². The molecule has 1 heterocycles. The van der Waals surface area contributed by atoms with Crippen LogP contribution in [0.3, 0.4) is 0 Å². The summed E-state index contributed by atoms with van der Waals surface area (Å²) in [5.74, 6) is 0.543. The van der Waals surface area contributed by atoms with Gasteiger partial charge >= 0.3 is 0 Å². The smallest absolute Gasteiger partial charge is 0.146 e. The van der Waals surface area contributed by atoms with Crippen LogP contribution in [-0.4, -0.2) is 24.7 Å². The highest BCUT2D eigenvalue weighted by molar-refractivity contribution is 6.34. The molecule has 0 amide bonds. The number of halogens is 1. The zero-order valence-electron chi connectivity index (χ0n) is 10.0. The second kappa shape index (κ2) is 7.10. The molecule has 4 nitrogen and oxygen atoms in total. The highest BCUT2D eigenvalue weighted by Crippen LogP contribution is 2.23. The van der Waals surface area contributed by atoms with E-state index in [0.717, 1.165) is 12.8 Å². The van der Waals surface area contributed by atoms with Crippen LogP contribution in [0.2, 0.25) is 5.02 Å². The lowest BCUT2D eigenvalue weighted by Gasteiger charge is -2.18. The zero-order chi connectivity index (χ0) is 12.7. The summed E-state index contributed by atoms with van der Waals surface area (Å²) in [6.45, 7) is 2.69. The summed E-state index contributed by atoms with van der Waals surface area (Å²) < 4.78 is 5.13. The van der Waals surface area contributed by atoms with Crippen molar-refractivity contribution in [3.05, 3.63) is 22.8 Å². The van der Waals surface area contributed by atoms with Crippen molar-refractivity contribution in [1.29, 1.82) is 5.26 Å². The van der Waals surface area contributed by atoms with Crippen LogP contribution in [0.15, 0.2) is 12.3 Å². The molecule has 0 spiro atoms. The van der Waals surface area contributed by atoms with Crippen molar-refractivity contribution in [2.75, 3.05) is 19.0 Å². The number of hydrogen-bond acceptors (Lipinski definition) is 4. The Morgan fingerprint density at radius 3 is 3.00 bits per heavy atom. The van der Waals surface area contributed by atoms with Gasteiger partial charge in [0.05, 0.1) is 18.2 Å². The quantitative estimate of drug-likeness (QED) is 0.847. The van der Waals surface area contributed by atoms with Gasteiger partial charge in [-0.3, -0.25) is 0 Å². The fourth-order valence-electron chi connectivity index (χ4n) is 1.57. The second-order valence-electron chi connectivity index (χ2n) is 3.72. The van der Waals surface area contributed by atoms with E-state index in [1.54, 1.807) is 19.4 Å². The van der Waals surface area contributed by atoms with Gasteiger partial charge in [-0.25, -0.2) is 4.98 Å². The van der Waals surface area contributed by atoms with Crippen LogP contribution < -0.4 is 5.32 Å². The van der Waals surface area contributed by atoms with Crippen LogP contribution in [0.5, 0.6) is 0 Å². The molecule has 1 aromatic heterocycles.